The predicted octanol–water partition coefficient (Wildman–Crippen LogP) is 3.73. The number of aromatic nitrogens is 2. The lowest BCUT2D eigenvalue weighted by atomic mass is 10.0. The Balaban J connectivity index is 2.08. The van der Waals surface area contributed by atoms with Crippen molar-refractivity contribution in [3.05, 3.63) is 78.0 Å². The molecule has 0 bridgehead atoms. The van der Waals surface area contributed by atoms with Gasteiger partial charge in [-0.3, -0.25) is 4.68 Å². The van der Waals surface area contributed by atoms with E-state index in [1.54, 1.807) is 35.2 Å². The highest BCUT2D eigenvalue weighted by molar-refractivity contribution is 6.13. The van der Waals surface area contributed by atoms with Gasteiger partial charge in [0.05, 0.1) is 18.3 Å². The number of hydrogen-bond acceptors (Lipinski definition) is 3. The topological polar surface area (TPSA) is 50.4 Å². The van der Waals surface area contributed by atoms with Gasteiger partial charge in [0.2, 0.25) is 0 Å². The Kier molecular flexibility index (Phi) is 3.89. The summed E-state index contributed by atoms with van der Waals surface area (Å²) < 4.78 is 28.7. The lowest BCUT2D eigenvalue weighted by Gasteiger charge is -2.07. The summed E-state index contributed by atoms with van der Waals surface area (Å²) >= 11 is 0. The molecule has 2 aromatic carbocycles. The number of hydrogen-bond donors (Lipinski definition) is 1. The SMILES string of the molecule is C=CCn1ncc2cc(/C(=N/O)c3ccc(F)cc3F)ccc21. The molecule has 6 heteroatoms. The van der Waals surface area contributed by atoms with E-state index in [9.17, 15) is 14.0 Å². The van der Waals surface area contributed by atoms with Crippen LogP contribution in [0.2, 0.25) is 0 Å². The summed E-state index contributed by atoms with van der Waals surface area (Å²) in [6.45, 7) is 4.24. The van der Waals surface area contributed by atoms with Gasteiger partial charge in [0.15, 0.2) is 0 Å². The minimum absolute atomic E-state index is 0.0201. The van der Waals surface area contributed by atoms with Gasteiger partial charge >= 0.3 is 0 Å². The first-order valence-electron chi connectivity index (χ1n) is 6.88. The molecular weight excluding hydrogens is 300 g/mol. The van der Waals surface area contributed by atoms with Crippen molar-refractivity contribution in [1.29, 1.82) is 0 Å². The molecule has 0 saturated carbocycles. The zero-order valence-corrected chi connectivity index (χ0v) is 12.1. The molecule has 3 rings (SSSR count). The Morgan fingerprint density at radius 3 is 2.78 bits per heavy atom. The molecule has 1 N–H and O–H groups in total. The van der Waals surface area contributed by atoms with Crippen LogP contribution in [0.1, 0.15) is 11.1 Å². The summed E-state index contributed by atoms with van der Waals surface area (Å²) in [4.78, 5) is 0. The number of fused-ring (bicyclic) bond motifs is 1. The van der Waals surface area contributed by atoms with Crippen LogP contribution >= 0.6 is 0 Å². The molecule has 0 aliphatic rings. The highest BCUT2D eigenvalue weighted by Gasteiger charge is 2.15. The molecule has 0 saturated heterocycles. The van der Waals surface area contributed by atoms with Crippen LogP contribution in [0.5, 0.6) is 0 Å². The third kappa shape index (κ3) is 2.70. The molecule has 0 aliphatic carbocycles. The molecule has 0 atom stereocenters. The van der Waals surface area contributed by atoms with E-state index in [0.29, 0.717) is 12.1 Å². The van der Waals surface area contributed by atoms with E-state index in [0.717, 1.165) is 23.0 Å². The first-order valence-corrected chi connectivity index (χ1v) is 6.88. The van der Waals surface area contributed by atoms with Crippen molar-refractivity contribution >= 4 is 16.6 Å². The number of nitrogens with zero attached hydrogens (tertiary/aromatic N) is 3. The lowest BCUT2D eigenvalue weighted by molar-refractivity contribution is 0.319. The molecule has 23 heavy (non-hydrogen) atoms. The third-order valence-electron chi connectivity index (χ3n) is 3.50. The van der Waals surface area contributed by atoms with Crippen molar-refractivity contribution in [1.82, 2.24) is 9.78 Å². The fourth-order valence-electron chi connectivity index (χ4n) is 2.45. The number of oxime groups is 1. The summed E-state index contributed by atoms with van der Waals surface area (Å²) in [5, 5.41) is 17.5. The zero-order valence-electron chi connectivity index (χ0n) is 12.1. The Morgan fingerprint density at radius 2 is 2.09 bits per heavy atom. The van der Waals surface area contributed by atoms with Gasteiger partial charge in [-0.1, -0.05) is 17.3 Å². The smallest absolute Gasteiger partial charge is 0.135 e. The summed E-state index contributed by atoms with van der Waals surface area (Å²) in [6, 6.07) is 8.34. The minimum atomic E-state index is -0.791. The second kappa shape index (κ2) is 6.00. The van der Waals surface area contributed by atoms with E-state index in [-0.39, 0.29) is 11.3 Å². The second-order valence-corrected chi connectivity index (χ2v) is 4.96. The van der Waals surface area contributed by atoms with E-state index in [1.807, 2.05) is 0 Å². The van der Waals surface area contributed by atoms with Crippen molar-refractivity contribution in [2.24, 2.45) is 5.16 Å². The lowest BCUT2D eigenvalue weighted by Crippen LogP contribution is -2.06. The van der Waals surface area contributed by atoms with Crippen LogP contribution in [0.4, 0.5) is 8.78 Å². The molecule has 0 radical (unpaired) electrons. The first kappa shape index (κ1) is 14.9. The van der Waals surface area contributed by atoms with Crippen LogP contribution in [0.3, 0.4) is 0 Å². The van der Waals surface area contributed by atoms with E-state index < -0.39 is 11.6 Å². The summed E-state index contributed by atoms with van der Waals surface area (Å²) in [5.74, 6) is -1.48. The Hall–Kier alpha value is -3.02. The Labute approximate surface area is 131 Å². The molecule has 1 heterocycles. The molecule has 116 valence electrons. The van der Waals surface area contributed by atoms with Crippen LogP contribution in [0.15, 0.2) is 60.4 Å². The summed E-state index contributed by atoms with van der Waals surface area (Å²) in [5.41, 5.74) is 1.43. The molecule has 1 aromatic heterocycles. The molecule has 0 aliphatic heterocycles. The second-order valence-electron chi connectivity index (χ2n) is 4.96. The molecule has 3 aromatic rings. The Morgan fingerprint density at radius 1 is 1.26 bits per heavy atom. The maximum atomic E-state index is 13.9. The average Bonchev–Trinajstić information content (AvgIpc) is 2.93. The molecule has 0 spiro atoms. The van der Waals surface area contributed by atoms with E-state index in [2.05, 4.69) is 16.8 Å². The van der Waals surface area contributed by atoms with Gasteiger partial charge in [-0.25, -0.2) is 8.78 Å². The van der Waals surface area contributed by atoms with Gasteiger partial charge in [0.1, 0.15) is 17.3 Å². The van der Waals surface area contributed by atoms with Crippen LogP contribution in [0, 0.1) is 11.6 Å². The van der Waals surface area contributed by atoms with Crippen molar-refractivity contribution in [2.75, 3.05) is 0 Å². The minimum Gasteiger partial charge on any atom is -0.410 e. The third-order valence-corrected chi connectivity index (χ3v) is 3.50. The van der Waals surface area contributed by atoms with E-state index >= 15 is 0 Å². The zero-order chi connectivity index (χ0) is 16.4. The Bertz CT molecular complexity index is 915. The van der Waals surface area contributed by atoms with Crippen LogP contribution in [0.25, 0.3) is 10.9 Å². The largest absolute Gasteiger partial charge is 0.410 e. The van der Waals surface area contributed by atoms with Crippen molar-refractivity contribution < 1.29 is 14.0 Å². The highest BCUT2D eigenvalue weighted by atomic mass is 19.1. The molecule has 0 amide bonds. The van der Waals surface area contributed by atoms with Gasteiger partial charge < -0.3 is 5.21 Å². The van der Waals surface area contributed by atoms with Crippen molar-refractivity contribution in [3.8, 4) is 0 Å². The fraction of sp³-hybridized carbons (Fsp3) is 0.0588. The fourth-order valence-corrected chi connectivity index (χ4v) is 2.45. The number of benzene rings is 2. The maximum Gasteiger partial charge on any atom is 0.135 e. The van der Waals surface area contributed by atoms with Crippen molar-refractivity contribution in [2.45, 2.75) is 6.54 Å². The van der Waals surface area contributed by atoms with Crippen LogP contribution < -0.4 is 0 Å². The summed E-state index contributed by atoms with van der Waals surface area (Å²) in [6.07, 6.45) is 3.40. The number of halogens is 2. The van der Waals surface area contributed by atoms with Gasteiger partial charge in [0.25, 0.3) is 0 Å². The summed E-state index contributed by atoms with van der Waals surface area (Å²) in [7, 11) is 0. The molecule has 0 fully saturated rings. The molecule has 4 nitrogen and oxygen atoms in total. The van der Waals surface area contributed by atoms with Gasteiger partial charge in [0, 0.05) is 22.6 Å². The number of rotatable bonds is 4. The maximum absolute atomic E-state index is 13.9. The quantitative estimate of drug-likeness (QED) is 0.345. The van der Waals surface area contributed by atoms with Gasteiger partial charge in [-0.05, 0) is 24.3 Å². The highest BCUT2D eigenvalue weighted by Crippen LogP contribution is 2.20. The number of allylic oxidation sites excluding steroid dienone is 1. The average molecular weight is 313 g/mol. The van der Waals surface area contributed by atoms with Crippen LogP contribution in [-0.4, -0.2) is 20.7 Å². The standard InChI is InChI=1S/C17H13F2N3O/c1-2-7-22-16-6-3-11(8-12(16)10-20-22)17(21-23)14-5-4-13(18)9-15(14)19/h2-6,8-10,23H,1,7H2/b21-17-. The molecule has 0 unspecified atom stereocenters. The molecular formula is C17H13F2N3O. The predicted molar refractivity (Wildman–Crippen MR) is 83.7 cm³/mol. The van der Waals surface area contributed by atoms with Gasteiger partial charge in [-0.15, -0.1) is 6.58 Å². The monoisotopic (exact) mass is 313 g/mol. The van der Waals surface area contributed by atoms with E-state index in [4.69, 9.17) is 0 Å². The van der Waals surface area contributed by atoms with E-state index in [1.165, 1.54) is 6.07 Å². The van der Waals surface area contributed by atoms with Gasteiger partial charge in [-0.2, -0.15) is 5.10 Å². The normalized spacial score (nSPS) is 11.8. The van der Waals surface area contributed by atoms with Crippen molar-refractivity contribution in [3.63, 3.8) is 0 Å². The van der Waals surface area contributed by atoms with Crippen LogP contribution in [-0.2, 0) is 6.54 Å². The first-order chi connectivity index (χ1) is 11.1.